The SMILES string of the molecule is Cc1cnc(C(C)C)cc1C(=O)NCC[C@H](O)c1ccc(Cl)cc1. The Morgan fingerprint density at radius 2 is 1.96 bits per heavy atom. The molecule has 2 N–H and O–H groups in total. The number of carbonyl (C=O) groups excluding carboxylic acids is 1. The molecule has 2 rings (SSSR count). The smallest absolute Gasteiger partial charge is 0.251 e. The van der Waals surface area contributed by atoms with Gasteiger partial charge in [-0.1, -0.05) is 37.6 Å². The van der Waals surface area contributed by atoms with Crippen LogP contribution in [-0.4, -0.2) is 22.5 Å². The van der Waals surface area contributed by atoms with E-state index in [-0.39, 0.29) is 11.8 Å². The van der Waals surface area contributed by atoms with Crippen LogP contribution in [0.4, 0.5) is 0 Å². The molecule has 0 radical (unpaired) electrons. The minimum absolute atomic E-state index is 0.139. The molecule has 128 valence electrons. The Morgan fingerprint density at radius 1 is 1.29 bits per heavy atom. The summed E-state index contributed by atoms with van der Waals surface area (Å²) in [4.78, 5) is 16.7. The molecule has 0 unspecified atom stereocenters. The summed E-state index contributed by atoms with van der Waals surface area (Å²) < 4.78 is 0. The number of amides is 1. The summed E-state index contributed by atoms with van der Waals surface area (Å²) in [6.45, 7) is 6.35. The number of hydrogen-bond acceptors (Lipinski definition) is 3. The first-order valence-electron chi connectivity index (χ1n) is 8.06. The second kappa shape index (κ2) is 8.27. The zero-order valence-electron chi connectivity index (χ0n) is 14.2. The average Bonchev–Trinajstić information content (AvgIpc) is 2.55. The van der Waals surface area contributed by atoms with Crippen LogP contribution in [0.3, 0.4) is 0 Å². The van der Waals surface area contributed by atoms with E-state index < -0.39 is 6.10 Å². The highest BCUT2D eigenvalue weighted by atomic mass is 35.5. The van der Waals surface area contributed by atoms with Crippen LogP contribution in [0.25, 0.3) is 0 Å². The Bertz CT molecular complexity index is 699. The number of nitrogens with one attached hydrogen (secondary N) is 1. The van der Waals surface area contributed by atoms with E-state index in [1.54, 1.807) is 30.5 Å². The Balaban J connectivity index is 1.93. The topological polar surface area (TPSA) is 62.2 Å². The number of pyridine rings is 1. The number of halogens is 1. The molecule has 1 aromatic heterocycles. The molecule has 0 aliphatic rings. The number of nitrogens with zero attached hydrogens (tertiary/aromatic N) is 1. The van der Waals surface area contributed by atoms with Gasteiger partial charge in [-0.3, -0.25) is 9.78 Å². The molecular weight excluding hydrogens is 324 g/mol. The molecule has 0 fully saturated rings. The summed E-state index contributed by atoms with van der Waals surface area (Å²) in [7, 11) is 0. The van der Waals surface area contributed by atoms with Crippen molar-refractivity contribution in [2.45, 2.75) is 39.2 Å². The predicted octanol–water partition coefficient (Wildman–Crippen LogP) is 4.02. The van der Waals surface area contributed by atoms with Gasteiger partial charge in [-0.05, 0) is 48.6 Å². The van der Waals surface area contributed by atoms with Crippen LogP contribution in [0, 0.1) is 6.92 Å². The van der Waals surface area contributed by atoms with Gasteiger partial charge in [0.15, 0.2) is 0 Å². The van der Waals surface area contributed by atoms with Crippen molar-refractivity contribution in [2.24, 2.45) is 0 Å². The summed E-state index contributed by atoms with van der Waals surface area (Å²) in [5, 5.41) is 13.7. The van der Waals surface area contributed by atoms with Crippen molar-refractivity contribution >= 4 is 17.5 Å². The van der Waals surface area contributed by atoms with E-state index in [1.165, 1.54) is 0 Å². The summed E-state index contributed by atoms with van der Waals surface area (Å²) >= 11 is 5.84. The number of aliphatic hydroxyl groups is 1. The van der Waals surface area contributed by atoms with E-state index in [0.717, 1.165) is 16.8 Å². The van der Waals surface area contributed by atoms with Crippen LogP contribution in [0.5, 0.6) is 0 Å². The van der Waals surface area contributed by atoms with E-state index >= 15 is 0 Å². The van der Waals surface area contributed by atoms with E-state index in [1.807, 2.05) is 26.8 Å². The minimum atomic E-state index is -0.632. The normalized spacial score (nSPS) is 12.2. The molecule has 0 saturated heterocycles. The summed E-state index contributed by atoms with van der Waals surface area (Å²) in [5.41, 5.74) is 3.16. The molecule has 0 aliphatic carbocycles. The minimum Gasteiger partial charge on any atom is -0.388 e. The van der Waals surface area contributed by atoms with Crippen LogP contribution in [0.1, 0.15) is 59.5 Å². The molecule has 0 aliphatic heterocycles. The Labute approximate surface area is 147 Å². The van der Waals surface area contributed by atoms with Crippen LogP contribution >= 0.6 is 11.6 Å². The van der Waals surface area contributed by atoms with Gasteiger partial charge in [0, 0.05) is 29.0 Å². The third-order valence-electron chi connectivity index (χ3n) is 3.92. The molecule has 5 heteroatoms. The van der Waals surface area contributed by atoms with Crippen molar-refractivity contribution in [3.8, 4) is 0 Å². The molecule has 1 heterocycles. The number of carbonyl (C=O) groups is 1. The van der Waals surface area contributed by atoms with Crippen LogP contribution in [0.2, 0.25) is 5.02 Å². The Hall–Kier alpha value is -1.91. The molecule has 1 aromatic carbocycles. The number of hydrogen-bond donors (Lipinski definition) is 2. The van der Waals surface area contributed by atoms with Gasteiger partial charge < -0.3 is 10.4 Å². The first kappa shape index (κ1) is 18.4. The maximum Gasteiger partial charge on any atom is 0.251 e. The van der Waals surface area contributed by atoms with Crippen molar-refractivity contribution in [3.05, 3.63) is 63.9 Å². The highest BCUT2D eigenvalue weighted by molar-refractivity contribution is 6.30. The van der Waals surface area contributed by atoms with Gasteiger partial charge >= 0.3 is 0 Å². The second-order valence-corrected chi connectivity index (χ2v) is 6.63. The van der Waals surface area contributed by atoms with Gasteiger partial charge in [0.05, 0.1) is 6.10 Å². The van der Waals surface area contributed by atoms with Crippen molar-refractivity contribution in [2.75, 3.05) is 6.54 Å². The average molecular weight is 347 g/mol. The lowest BCUT2D eigenvalue weighted by Gasteiger charge is -2.13. The molecular formula is C19H23ClN2O2. The monoisotopic (exact) mass is 346 g/mol. The van der Waals surface area contributed by atoms with Gasteiger partial charge in [-0.25, -0.2) is 0 Å². The van der Waals surface area contributed by atoms with Gasteiger partial charge in [-0.2, -0.15) is 0 Å². The zero-order chi connectivity index (χ0) is 17.7. The van der Waals surface area contributed by atoms with Crippen LogP contribution < -0.4 is 5.32 Å². The molecule has 2 aromatic rings. The van der Waals surface area contributed by atoms with Gasteiger partial charge in [-0.15, -0.1) is 0 Å². The third-order valence-corrected chi connectivity index (χ3v) is 4.17. The number of aliphatic hydroxyl groups excluding tert-OH is 1. The van der Waals surface area contributed by atoms with Crippen molar-refractivity contribution in [3.63, 3.8) is 0 Å². The fourth-order valence-electron chi connectivity index (χ4n) is 2.37. The molecule has 0 bridgehead atoms. The van der Waals surface area contributed by atoms with Gasteiger partial charge in [0.2, 0.25) is 0 Å². The fourth-order valence-corrected chi connectivity index (χ4v) is 2.50. The van der Waals surface area contributed by atoms with E-state index in [0.29, 0.717) is 23.6 Å². The first-order valence-corrected chi connectivity index (χ1v) is 8.44. The van der Waals surface area contributed by atoms with Crippen LogP contribution in [-0.2, 0) is 0 Å². The lowest BCUT2D eigenvalue weighted by atomic mass is 10.0. The van der Waals surface area contributed by atoms with Crippen molar-refractivity contribution < 1.29 is 9.90 Å². The van der Waals surface area contributed by atoms with Gasteiger partial charge in [0.1, 0.15) is 0 Å². The standard InChI is InChI=1S/C19H23ClN2O2/c1-12(2)17-10-16(13(3)11-22-17)19(24)21-9-8-18(23)14-4-6-15(20)7-5-14/h4-7,10-12,18,23H,8-9H2,1-3H3,(H,21,24)/t18-/m0/s1. The predicted molar refractivity (Wildman–Crippen MR) is 96.4 cm³/mol. The number of aryl methyl sites for hydroxylation is 1. The maximum absolute atomic E-state index is 12.4. The third kappa shape index (κ3) is 4.79. The molecule has 0 saturated carbocycles. The molecule has 1 atom stereocenters. The second-order valence-electron chi connectivity index (χ2n) is 6.19. The Kier molecular flexibility index (Phi) is 6.35. The quantitative estimate of drug-likeness (QED) is 0.830. The van der Waals surface area contributed by atoms with E-state index in [9.17, 15) is 9.90 Å². The molecule has 0 spiro atoms. The lowest BCUT2D eigenvalue weighted by molar-refractivity contribution is 0.0942. The number of benzene rings is 1. The zero-order valence-corrected chi connectivity index (χ0v) is 15.0. The van der Waals surface area contributed by atoms with Gasteiger partial charge in [0.25, 0.3) is 5.91 Å². The van der Waals surface area contributed by atoms with Crippen molar-refractivity contribution in [1.82, 2.24) is 10.3 Å². The molecule has 4 nitrogen and oxygen atoms in total. The Morgan fingerprint density at radius 3 is 2.58 bits per heavy atom. The summed E-state index contributed by atoms with van der Waals surface area (Å²) in [6.07, 6.45) is 1.54. The van der Waals surface area contributed by atoms with E-state index in [4.69, 9.17) is 11.6 Å². The fraction of sp³-hybridized carbons (Fsp3) is 0.368. The summed E-state index contributed by atoms with van der Waals surface area (Å²) in [5.74, 6) is 0.129. The highest BCUT2D eigenvalue weighted by Crippen LogP contribution is 2.19. The summed E-state index contributed by atoms with van der Waals surface area (Å²) in [6, 6.07) is 8.90. The lowest BCUT2D eigenvalue weighted by Crippen LogP contribution is -2.26. The molecule has 24 heavy (non-hydrogen) atoms. The van der Waals surface area contributed by atoms with Crippen molar-refractivity contribution in [1.29, 1.82) is 0 Å². The number of rotatable bonds is 6. The first-order chi connectivity index (χ1) is 11.4. The largest absolute Gasteiger partial charge is 0.388 e. The molecule has 1 amide bonds. The maximum atomic E-state index is 12.4. The highest BCUT2D eigenvalue weighted by Gasteiger charge is 2.13. The number of aromatic nitrogens is 1. The van der Waals surface area contributed by atoms with Crippen LogP contribution in [0.15, 0.2) is 36.5 Å². The van der Waals surface area contributed by atoms with E-state index in [2.05, 4.69) is 10.3 Å².